The van der Waals surface area contributed by atoms with Crippen LogP contribution in [0.2, 0.25) is 0 Å². The van der Waals surface area contributed by atoms with Crippen molar-refractivity contribution in [3.05, 3.63) is 24.3 Å². The molecule has 96 valence electrons. The van der Waals surface area contributed by atoms with Gasteiger partial charge in [0, 0.05) is 30.8 Å². The van der Waals surface area contributed by atoms with Crippen molar-refractivity contribution in [2.24, 2.45) is 0 Å². The van der Waals surface area contributed by atoms with Gasteiger partial charge in [-0.3, -0.25) is 4.90 Å². The van der Waals surface area contributed by atoms with Crippen molar-refractivity contribution >= 4 is 11.9 Å². The second-order valence-electron chi connectivity index (χ2n) is 3.84. The molecule has 0 atom stereocenters. The second kappa shape index (κ2) is 7.62. The molecule has 0 amide bonds. The van der Waals surface area contributed by atoms with E-state index >= 15 is 0 Å². The number of nitrogens with zero attached hydrogens (tertiary/aromatic N) is 1. The Labute approximate surface area is 101 Å². The molecule has 0 unspecified atom stereocenters. The summed E-state index contributed by atoms with van der Waals surface area (Å²) in [5.41, 5.74) is 0.644. The molecule has 1 aliphatic rings. The molecule has 1 aliphatic heterocycles. The van der Waals surface area contributed by atoms with E-state index in [0.717, 1.165) is 19.6 Å². The summed E-state index contributed by atoms with van der Waals surface area (Å²) >= 11 is 0. The Morgan fingerprint density at radius 3 is 2.00 bits per heavy atom. The lowest BCUT2D eigenvalue weighted by molar-refractivity contribution is -0.139. The number of hydrogen-bond donors (Lipinski definition) is 1. The molecule has 5 heteroatoms. The first kappa shape index (κ1) is 15.4. The fourth-order valence-electron chi connectivity index (χ4n) is 0.685. The number of esters is 1. The predicted octanol–water partition coefficient (Wildman–Crippen LogP) is 1.07. The Morgan fingerprint density at radius 2 is 1.71 bits per heavy atom. The molecule has 1 fully saturated rings. The second-order valence-corrected chi connectivity index (χ2v) is 3.84. The number of ether oxygens (including phenoxy) is 1. The van der Waals surface area contributed by atoms with Gasteiger partial charge in [0.25, 0.3) is 0 Å². The quantitative estimate of drug-likeness (QED) is 0.443. The molecule has 1 N–H and O–H groups in total. The molecule has 0 bridgehead atoms. The van der Waals surface area contributed by atoms with Crippen LogP contribution in [0.4, 0.5) is 0 Å². The third kappa shape index (κ3) is 9.32. The van der Waals surface area contributed by atoms with E-state index in [1.54, 1.807) is 6.92 Å². The summed E-state index contributed by atoms with van der Waals surface area (Å²) in [6.45, 7) is 13.4. The van der Waals surface area contributed by atoms with Gasteiger partial charge in [-0.2, -0.15) is 0 Å². The Balaban J connectivity index is 0.000000366. The molecule has 0 radical (unpaired) electrons. The van der Waals surface area contributed by atoms with Crippen LogP contribution in [0.15, 0.2) is 24.3 Å². The summed E-state index contributed by atoms with van der Waals surface area (Å²) in [6.07, 6.45) is 0. The maximum atomic E-state index is 10.8. The van der Waals surface area contributed by atoms with Gasteiger partial charge in [0.2, 0.25) is 0 Å². The number of rotatable bonds is 5. The van der Waals surface area contributed by atoms with E-state index < -0.39 is 5.97 Å². The molecular formula is C12H19NO4. The highest BCUT2D eigenvalue weighted by Gasteiger charge is 2.16. The summed E-state index contributed by atoms with van der Waals surface area (Å²) in [7, 11) is 0. The van der Waals surface area contributed by atoms with Crippen LogP contribution in [-0.2, 0) is 14.3 Å². The van der Waals surface area contributed by atoms with E-state index in [1.807, 2.05) is 0 Å². The first-order valence-electron chi connectivity index (χ1n) is 5.28. The number of carboxylic acid groups (broad SMARTS) is 1. The molecule has 0 aliphatic carbocycles. The molecule has 5 nitrogen and oxygen atoms in total. The molecule has 0 saturated carbocycles. The highest BCUT2D eigenvalue weighted by Crippen LogP contribution is 2.01. The average molecular weight is 241 g/mol. The highest BCUT2D eigenvalue weighted by atomic mass is 16.5. The number of carboxylic acids is 1. The summed E-state index contributed by atoms with van der Waals surface area (Å²) in [4.78, 5) is 22.6. The minimum absolute atomic E-state index is 0.176. The van der Waals surface area contributed by atoms with Crippen LogP contribution in [0.1, 0.15) is 13.8 Å². The van der Waals surface area contributed by atoms with E-state index in [-0.39, 0.29) is 11.5 Å². The molecule has 1 rings (SSSR count). The van der Waals surface area contributed by atoms with Gasteiger partial charge in [-0.1, -0.05) is 13.2 Å². The zero-order valence-corrected chi connectivity index (χ0v) is 10.4. The van der Waals surface area contributed by atoms with Crippen LogP contribution in [-0.4, -0.2) is 48.2 Å². The van der Waals surface area contributed by atoms with Crippen LogP contribution in [0.3, 0.4) is 0 Å². The standard InChI is InChI=1S/C8H13NO2.C4H6O2/c1-7(2)8(10)11-6-5-9-3-4-9;1-3(2)4(5)6/h1,3-6H2,2H3;1H2,2H3,(H,5,6). The topological polar surface area (TPSA) is 66.6 Å². The van der Waals surface area contributed by atoms with E-state index in [9.17, 15) is 9.59 Å². The maximum Gasteiger partial charge on any atom is 0.333 e. The van der Waals surface area contributed by atoms with Crippen molar-refractivity contribution in [3.63, 3.8) is 0 Å². The number of hydrogen-bond acceptors (Lipinski definition) is 4. The average Bonchev–Trinajstić information content (AvgIpc) is 3.02. The number of aliphatic carboxylic acids is 1. The van der Waals surface area contributed by atoms with Gasteiger partial charge in [-0.05, 0) is 13.8 Å². The minimum Gasteiger partial charge on any atom is -0.478 e. The molecule has 1 saturated heterocycles. The van der Waals surface area contributed by atoms with Crippen LogP contribution >= 0.6 is 0 Å². The Morgan fingerprint density at radius 1 is 1.24 bits per heavy atom. The molecule has 0 aromatic rings. The first-order valence-corrected chi connectivity index (χ1v) is 5.28. The number of carbonyl (C=O) groups excluding carboxylic acids is 1. The normalized spacial score (nSPS) is 13.1. The molecule has 0 aromatic carbocycles. The van der Waals surface area contributed by atoms with Crippen LogP contribution in [0, 0.1) is 0 Å². The third-order valence-corrected chi connectivity index (χ3v) is 1.89. The summed E-state index contributed by atoms with van der Waals surface area (Å²) < 4.78 is 4.87. The molecule has 1 heterocycles. The lowest BCUT2D eigenvalue weighted by Gasteiger charge is -2.03. The monoisotopic (exact) mass is 241 g/mol. The van der Waals surface area contributed by atoms with E-state index in [0.29, 0.717) is 12.2 Å². The van der Waals surface area contributed by atoms with Gasteiger partial charge in [-0.25, -0.2) is 9.59 Å². The SMILES string of the molecule is C=C(C)C(=O)O.C=C(C)C(=O)OCCN1CC1. The molecule has 0 aromatic heterocycles. The van der Waals surface area contributed by atoms with Crippen LogP contribution in [0.5, 0.6) is 0 Å². The van der Waals surface area contributed by atoms with Gasteiger partial charge in [-0.15, -0.1) is 0 Å². The van der Waals surface area contributed by atoms with Gasteiger partial charge < -0.3 is 9.84 Å². The zero-order chi connectivity index (χ0) is 13.4. The maximum absolute atomic E-state index is 10.8. The van der Waals surface area contributed by atoms with Crippen LogP contribution in [0.25, 0.3) is 0 Å². The Kier molecular flexibility index (Phi) is 6.89. The predicted molar refractivity (Wildman–Crippen MR) is 64.7 cm³/mol. The van der Waals surface area contributed by atoms with E-state index in [4.69, 9.17) is 9.84 Å². The molecule has 0 spiro atoms. The van der Waals surface area contributed by atoms with Gasteiger partial charge >= 0.3 is 11.9 Å². The Bertz CT molecular complexity index is 306. The fourth-order valence-corrected chi connectivity index (χ4v) is 0.685. The lowest BCUT2D eigenvalue weighted by atomic mass is 10.4. The summed E-state index contributed by atoms with van der Waals surface area (Å²) in [6, 6.07) is 0. The third-order valence-electron chi connectivity index (χ3n) is 1.89. The molecular weight excluding hydrogens is 222 g/mol. The lowest BCUT2D eigenvalue weighted by Crippen LogP contribution is -2.13. The van der Waals surface area contributed by atoms with Gasteiger partial charge in [0.1, 0.15) is 6.61 Å². The van der Waals surface area contributed by atoms with Crippen molar-refractivity contribution in [2.75, 3.05) is 26.2 Å². The fraction of sp³-hybridized carbons (Fsp3) is 0.500. The van der Waals surface area contributed by atoms with Crippen molar-refractivity contribution < 1.29 is 19.4 Å². The van der Waals surface area contributed by atoms with Crippen molar-refractivity contribution in [3.8, 4) is 0 Å². The summed E-state index contributed by atoms with van der Waals surface area (Å²) in [5, 5.41) is 7.89. The largest absolute Gasteiger partial charge is 0.478 e. The summed E-state index contributed by atoms with van der Waals surface area (Å²) in [5.74, 6) is -1.22. The van der Waals surface area contributed by atoms with Crippen molar-refractivity contribution in [1.29, 1.82) is 0 Å². The van der Waals surface area contributed by atoms with Crippen LogP contribution < -0.4 is 0 Å². The van der Waals surface area contributed by atoms with Crippen molar-refractivity contribution in [1.82, 2.24) is 4.90 Å². The first-order chi connectivity index (χ1) is 7.84. The van der Waals surface area contributed by atoms with E-state index in [1.165, 1.54) is 6.92 Å². The van der Waals surface area contributed by atoms with Gasteiger partial charge in [0.15, 0.2) is 0 Å². The van der Waals surface area contributed by atoms with E-state index in [2.05, 4.69) is 18.1 Å². The molecule has 17 heavy (non-hydrogen) atoms. The number of carbonyl (C=O) groups is 2. The highest BCUT2D eigenvalue weighted by molar-refractivity contribution is 5.86. The minimum atomic E-state index is -0.935. The van der Waals surface area contributed by atoms with Gasteiger partial charge in [0.05, 0.1) is 0 Å². The van der Waals surface area contributed by atoms with Crippen molar-refractivity contribution in [2.45, 2.75) is 13.8 Å². The zero-order valence-electron chi connectivity index (χ0n) is 10.4. The Hall–Kier alpha value is -1.62. The smallest absolute Gasteiger partial charge is 0.333 e.